The Morgan fingerprint density at radius 3 is 2.75 bits per heavy atom. The Bertz CT molecular complexity index is 174. The van der Waals surface area contributed by atoms with E-state index < -0.39 is 0 Å². The molecule has 0 aliphatic heterocycles. The molecule has 1 rings (SSSR count). The normalized spacial score (nSPS) is 6.88. The number of rotatable bonds is 0. The van der Waals surface area contributed by atoms with E-state index in [1.54, 1.807) is 0 Å². The fourth-order valence-electron chi connectivity index (χ4n) is 0.282. The summed E-state index contributed by atoms with van der Waals surface area (Å²) in [6, 6.07) is 1.88. The summed E-state index contributed by atoms with van der Waals surface area (Å²) in [7, 11) is 0. The first-order chi connectivity index (χ1) is 3.43. The van der Waals surface area contributed by atoms with E-state index >= 15 is 0 Å². The summed E-state index contributed by atoms with van der Waals surface area (Å²) in [6.07, 6.45) is 2.83. The molecule has 0 bridgehead atoms. The molecular formula is C4H2KN3. The van der Waals surface area contributed by atoms with Crippen molar-refractivity contribution < 1.29 is 51.4 Å². The number of aromatic nitrogens is 2. The van der Waals surface area contributed by atoms with Gasteiger partial charge in [-0.1, -0.05) is 0 Å². The van der Waals surface area contributed by atoms with Crippen molar-refractivity contribution in [1.82, 2.24) is 10.2 Å². The predicted octanol–water partition coefficient (Wildman–Crippen LogP) is -3.09. The van der Waals surface area contributed by atoms with Gasteiger partial charge in [0.25, 0.3) is 0 Å². The van der Waals surface area contributed by atoms with Crippen LogP contribution in [0.1, 0.15) is 5.56 Å². The minimum absolute atomic E-state index is 0. The van der Waals surface area contributed by atoms with E-state index in [9.17, 15) is 0 Å². The van der Waals surface area contributed by atoms with Crippen LogP contribution in [-0.2, 0) is 0 Å². The van der Waals surface area contributed by atoms with Crippen molar-refractivity contribution >= 4 is 0 Å². The van der Waals surface area contributed by atoms with E-state index in [2.05, 4.69) is 10.2 Å². The van der Waals surface area contributed by atoms with Crippen molar-refractivity contribution in [2.45, 2.75) is 0 Å². The second-order valence-corrected chi connectivity index (χ2v) is 1.06. The van der Waals surface area contributed by atoms with Crippen LogP contribution >= 0.6 is 0 Å². The van der Waals surface area contributed by atoms with Gasteiger partial charge in [0.1, 0.15) is 0 Å². The largest absolute Gasteiger partial charge is 1.00 e. The first-order valence-electron chi connectivity index (χ1n) is 1.77. The first-order valence-corrected chi connectivity index (χ1v) is 1.77. The molecule has 0 aliphatic carbocycles. The molecule has 0 unspecified atom stereocenters. The molecule has 0 radical (unpaired) electrons. The Morgan fingerprint density at radius 1 is 1.75 bits per heavy atom. The zero-order valence-corrected chi connectivity index (χ0v) is 7.62. The Labute approximate surface area is 89.5 Å². The van der Waals surface area contributed by atoms with Gasteiger partial charge in [-0.25, -0.2) is 0 Å². The van der Waals surface area contributed by atoms with E-state index in [-0.39, 0.29) is 51.4 Å². The van der Waals surface area contributed by atoms with Crippen LogP contribution < -0.4 is 56.5 Å². The van der Waals surface area contributed by atoms with Crippen LogP contribution in [0.2, 0.25) is 0 Å². The molecule has 0 aliphatic rings. The van der Waals surface area contributed by atoms with Gasteiger partial charge in [-0.3, -0.25) is 0 Å². The Balaban J connectivity index is 0.000000490. The fourth-order valence-corrected chi connectivity index (χ4v) is 0.282. The summed E-state index contributed by atoms with van der Waals surface area (Å²) in [6.45, 7) is 0. The van der Waals surface area contributed by atoms with Gasteiger partial charge in [0.05, 0.1) is 6.07 Å². The van der Waals surface area contributed by atoms with Crippen molar-refractivity contribution in [3.8, 4) is 6.07 Å². The smallest absolute Gasteiger partial charge is 0.581 e. The zero-order valence-electron chi connectivity index (χ0n) is 4.50. The molecule has 0 spiro atoms. The van der Waals surface area contributed by atoms with E-state index in [0.29, 0.717) is 5.56 Å². The van der Waals surface area contributed by atoms with Crippen molar-refractivity contribution in [1.29, 1.82) is 5.26 Å². The molecule has 1 heterocycles. The van der Waals surface area contributed by atoms with Gasteiger partial charge >= 0.3 is 51.4 Å². The number of hydrogen-bond donors (Lipinski definition) is 0. The van der Waals surface area contributed by atoms with Crippen LogP contribution in [0.5, 0.6) is 0 Å². The van der Waals surface area contributed by atoms with Gasteiger partial charge in [-0.15, -0.1) is 6.20 Å². The third-order valence-corrected chi connectivity index (χ3v) is 0.589. The summed E-state index contributed by atoms with van der Waals surface area (Å²) in [5.41, 5.74) is 0.514. The predicted molar refractivity (Wildman–Crippen MR) is 22.3 cm³/mol. The first kappa shape index (κ1) is 8.34. The van der Waals surface area contributed by atoms with Crippen LogP contribution in [0.4, 0.5) is 0 Å². The molecule has 4 heteroatoms. The maximum absolute atomic E-state index is 8.10. The molecule has 0 saturated carbocycles. The maximum Gasteiger partial charge on any atom is 1.00 e. The molecule has 8 heavy (non-hydrogen) atoms. The van der Waals surface area contributed by atoms with Crippen LogP contribution in [0.15, 0.2) is 12.4 Å². The standard InChI is InChI=1S/C4H2N3.K/c5-1-4-2-6-7-3-4;/h2-3H;/q-1;+1. The molecule has 0 atom stereocenters. The average molecular weight is 131 g/mol. The van der Waals surface area contributed by atoms with Crippen molar-refractivity contribution in [2.75, 3.05) is 0 Å². The van der Waals surface area contributed by atoms with E-state index in [0.717, 1.165) is 0 Å². The number of nitriles is 1. The van der Waals surface area contributed by atoms with Gasteiger partial charge in [0.2, 0.25) is 0 Å². The molecule has 0 N–H and O–H groups in total. The second-order valence-electron chi connectivity index (χ2n) is 1.06. The summed E-state index contributed by atoms with van der Waals surface area (Å²) in [4.78, 5) is 0. The molecule has 34 valence electrons. The quantitative estimate of drug-likeness (QED) is 0.351. The van der Waals surface area contributed by atoms with Gasteiger partial charge in [-0.05, 0) is 0 Å². The Hall–Kier alpha value is 0.336. The van der Waals surface area contributed by atoms with Crippen molar-refractivity contribution in [2.24, 2.45) is 0 Å². The topological polar surface area (TPSA) is 50.8 Å². The molecule has 1 aromatic rings. The van der Waals surface area contributed by atoms with Gasteiger partial charge in [0.15, 0.2) is 0 Å². The van der Waals surface area contributed by atoms with E-state index in [1.165, 1.54) is 12.4 Å². The summed E-state index contributed by atoms with van der Waals surface area (Å²) in [5.74, 6) is 0. The van der Waals surface area contributed by atoms with Gasteiger partial charge in [0, 0.05) is 11.8 Å². The SMILES string of the molecule is N#Cc1cn[n-]c1.[K+]. The third kappa shape index (κ3) is 2.07. The Morgan fingerprint density at radius 2 is 2.50 bits per heavy atom. The van der Waals surface area contributed by atoms with Crippen molar-refractivity contribution in [3.63, 3.8) is 0 Å². The van der Waals surface area contributed by atoms with Crippen LogP contribution in [0.25, 0.3) is 0 Å². The van der Waals surface area contributed by atoms with Crippen molar-refractivity contribution in [3.05, 3.63) is 18.0 Å². The third-order valence-electron chi connectivity index (χ3n) is 0.589. The number of nitrogens with zero attached hydrogens (tertiary/aromatic N) is 3. The van der Waals surface area contributed by atoms with Crippen LogP contribution in [0, 0.1) is 11.3 Å². The monoisotopic (exact) mass is 131 g/mol. The van der Waals surface area contributed by atoms with E-state index in [1.807, 2.05) is 6.07 Å². The van der Waals surface area contributed by atoms with Gasteiger partial charge < -0.3 is 10.2 Å². The molecule has 1 aromatic heterocycles. The van der Waals surface area contributed by atoms with Gasteiger partial charge in [-0.2, -0.15) is 5.26 Å². The summed E-state index contributed by atoms with van der Waals surface area (Å²) in [5, 5.41) is 14.9. The van der Waals surface area contributed by atoms with E-state index in [4.69, 9.17) is 5.26 Å². The minimum Gasteiger partial charge on any atom is -0.581 e. The minimum atomic E-state index is 0. The molecular weight excluding hydrogens is 129 g/mol. The number of hydrogen-bond acceptors (Lipinski definition) is 2. The zero-order chi connectivity index (χ0) is 5.11. The molecule has 0 amide bonds. The summed E-state index contributed by atoms with van der Waals surface area (Å²) < 4.78 is 0. The average Bonchev–Trinajstić information content (AvgIpc) is 2.14. The Kier molecular flexibility index (Phi) is 4.42. The molecule has 0 aromatic carbocycles. The molecule has 0 fully saturated rings. The summed E-state index contributed by atoms with van der Waals surface area (Å²) >= 11 is 0. The molecule has 3 nitrogen and oxygen atoms in total. The van der Waals surface area contributed by atoms with Crippen LogP contribution in [0.3, 0.4) is 0 Å². The van der Waals surface area contributed by atoms with Crippen LogP contribution in [-0.4, -0.2) is 5.10 Å². The fraction of sp³-hybridized carbons (Fsp3) is 0. The molecule has 0 saturated heterocycles. The second kappa shape index (κ2) is 4.24. The maximum atomic E-state index is 8.10.